The molecular formula is C56H58Cl2F4N4O8S2. The van der Waals surface area contributed by atoms with Gasteiger partial charge in [0.05, 0.1) is 44.2 Å². The zero-order valence-electron chi connectivity index (χ0n) is 41.2. The quantitative estimate of drug-likeness (QED) is 0.0297. The molecule has 0 unspecified atom stereocenters. The number of aliphatic hydroxyl groups is 2. The lowest BCUT2D eigenvalue weighted by Crippen LogP contribution is -2.50. The number of aliphatic hydroxyl groups excluding tert-OH is 2. The van der Waals surface area contributed by atoms with E-state index in [1.54, 1.807) is 42.5 Å². The lowest BCUT2D eigenvalue weighted by atomic mass is 10.0. The minimum Gasteiger partial charge on any atom is -0.489 e. The van der Waals surface area contributed by atoms with Crippen molar-refractivity contribution < 1.29 is 56.7 Å². The van der Waals surface area contributed by atoms with Crippen molar-refractivity contribution in [3.8, 4) is 32.4 Å². The molecule has 2 saturated carbocycles. The van der Waals surface area contributed by atoms with Gasteiger partial charge in [-0.3, -0.25) is 9.59 Å². The summed E-state index contributed by atoms with van der Waals surface area (Å²) in [5.74, 6) is -7.29. The fourth-order valence-electron chi connectivity index (χ4n) is 8.62. The highest BCUT2D eigenvalue weighted by Crippen LogP contribution is 2.40. The van der Waals surface area contributed by atoms with Gasteiger partial charge in [0, 0.05) is 28.9 Å². The largest absolute Gasteiger partial charge is 0.489 e. The Kier molecular flexibility index (Phi) is 19.3. The van der Waals surface area contributed by atoms with Crippen molar-refractivity contribution in [1.82, 2.24) is 15.1 Å². The second-order valence-corrected chi connectivity index (χ2v) is 22.2. The fraction of sp³-hybridized carbons (Fsp3) is 0.375. The Morgan fingerprint density at radius 2 is 1.12 bits per heavy atom. The number of carboxylic acid groups (broad SMARTS) is 1. The number of benzene rings is 4. The normalized spacial score (nSPS) is 17.3. The van der Waals surface area contributed by atoms with Crippen LogP contribution in [0.1, 0.15) is 89.3 Å². The zero-order chi connectivity index (χ0) is 54.1. The number of nitrogens with one attached hydrogen (secondary N) is 1. The van der Waals surface area contributed by atoms with E-state index in [4.69, 9.17) is 43.5 Å². The van der Waals surface area contributed by atoms with E-state index in [0.29, 0.717) is 43.7 Å². The second-order valence-electron chi connectivity index (χ2n) is 19.2. The Hall–Kier alpha value is -5.41. The van der Waals surface area contributed by atoms with E-state index in [0.717, 1.165) is 110 Å². The van der Waals surface area contributed by atoms with E-state index in [1.807, 2.05) is 17.0 Å². The number of aliphatic carboxylic acids is 1. The summed E-state index contributed by atoms with van der Waals surface area (Å²) < 4.78 is 68.1. The number of hydrogen-bond donors (Lipinski definition) is 5. The van der Waals surface area contributed by atoms with Gasteiger partial charge in [-0.25, -0.2) is 13.6 Å². The third kappa shape index (κ3) is 15.4. The molecule has 2 saturated heterocycles. The van der Waals surface area contributed by atoms with Crippen LogP contribution in [0.5, 0.6) is 11.5 Å². The highest BCUT2D eigenvalue weighted by molar-refractivity contribution is 7.18. The van der Waals surface area contributed by atoms with Gasteiger partial charge in [0.15, 0.2) is 0 Å². The smallest absolute Gasteiger partial charge is 0.378 e. The van der Waals surface area contributed by atoms with Gasteiger partial charge in [0.25, 0.3) is 11.7 Å². The maximum absolute atomic E-state index is 15.3. The number of ketones is 1. The number of carboxylic acids is 1. The Morgan fingerprint density at radius 1 is 0.658 bits per heavy atom. The van der Waals surface area contributed by atoms with Crippen LogP contribution in [0.3, 0.4) is 0 Å². The Bertz CT molecular complexity index is 2930. The molecule has 6 aromatic rings. The van der Waals surface area contributed by atoms with Crippen LogP contribution >= 0.6 is 45.9 Å². The molecule has 2 aromatic heterocycles. The number of carbonyl (C=O) groups excluding carboxylic acids is 2. The molecule has 20 heteroatoms. The minimum absolute atomic E-state index is 0.147. The number of likely N-dealkylation sites (tertiary alicyclic amines) is 2. The molecule has 404 valence electrons. The molecule has 76 heavy (non-hydrogen) atoms. The van der Waals surface area contributed by atoms with Crippen molar-refractivity contribution in [3.05, 3.63) is 152 Å². The lowest BCUT2D eigenvalue weighted by Gasteiger charge is -2.30. The molecule has 2 aliphatic carbocycles. The van der Waals surface area contributed by atoms with Crippen molar-refractivity contribution in [3.63, 3.8) is 0 Å². The van der Waals surface area contributed by atoms with Gasteiger partial charge in [0.1, 0.15) is 29.2 Å². The molecule has 10 rings (SSSR count). The number of alkyl halides is 2. The molecule has 1 amide bonds. The Labute approximate surface area is 456 Å². The molecule has 4 aromatic carbocycles. The van der Waals surface area contributed by atoms with Crippen LogP contribution in [0.4, 0.5) is 17.6 Å². The Balaban J connectivity index is 0.000000169. The average molecular weight is 1130 g/mol. The van der Waals surface area contributed by atoms with Crippen LogP contribution in [0.2, 0.25) is 10.0 Å². The van der Waals surface area contributed by atoms with Crippen LogP contribution in [-0.4, -0.2) is 106 Å². The summed E-state index contributed by atoms with van der Waals surface area (Å²) in [6, 6.07) is 26.1. The molecular weight excluding hydrogens is 1070 g/mol. The number of nitrogens with two attached hydrogens (primary N) is 1. The molecule has 0 radical (unpaired) electrons. The number of rotatable bonds is 19. The van der Waals surface area contributed by atoms with Crippen molar-refractivity contribution in [2.75, 3.05) is 39.3 Å². The van der Waals surface area contributed by atoms with Crippen LogP contribution in [0, 0.1) is 11.6 Å². The standard InChI is InChI=1S/C28H28ClF3N2O3S.C16H23ClN2O2.C12H7FO3S/c29-21-15-18(5-10-23(21)37-20-8-9-20)26(35)22(16-34-13-1-2-14-34)33-27(36)28(31,32)25-12-11-24(38-25)17-3-6-19(30)7-4-17;17-13-9-11(3-6-15(13)21-12-4-5-12)16(20)14(18)10-19-7-1-2-8-19;13-8-3-1-7(2-4-8)9-5-6-10(17-9)11(14)12(15)16/h3-7,10-12,15,20,22,26,35H,1-2,8-9,13-14,16H2,(H,33,36);3,6,9,12,14,16,20H,1-2,4-5,7-8,10,18H2;1-6H,(H,15,16)/t22-,26-;14-,16-;/m11./s1. The minimum atomic E-state index is -3.83. The first kappa shape index (κ1) is 56.8. The van der Waals surface area contributed by atoms with E-state index in [-0.39, 0.29) is 29.4 Å². The molecule has 4 fully saturated rings. The van der Waals surface area contributed by atoms with Crippen molar-refractivity contribution >= 4 is 63.5 Å². The zero-order valence-corrected chi connectivity index (χ0v) is 44.3. The average Bonchev–Trinajstić information content (AvgIpc) is 4.01. The van der Waals surface area contributed by atoms with Crippen molar-refractivity contribution in [1.29, 1.82) is 0 Å². The molecule has 4 heterocycles. The van der Waals surface area contributed by atoms with E-state index >= 15 is 8.78 Å². The molecule has 4 aliphatic rings. The van der Waals surface area contributed by atoms with Crippen molar-refractivity contribution in [2.24, 2.45) is 5.73 Å². The summed E-state index contributed by atoms with van der Waals surface area (Å²) >= 11 is 14.4. The summed E-state index contributed by atoms with van der Waals surface area (Å²) in [7, 11) is 0. The van der Waals surface area contributed by atoms with E-state index in [1.165, 1.54) is 67.4 Å². The Morgan fingerprint density at radius 3 is 1.59 bits per heavy atom. The lowest BCUT2D eigenvalue weighted by molar-refractivity contribution is -0.148. The fourth-order valence-corrected chi connectivity index (χ4v) is 11.0. The van der Waals surface area contributed by atoms with Gasteiger partial charge in [-0.15, -0.1) is 22.7 Å². The van der Waals surface area contributed by atoms with Gasteiger partial charge in [-0.2, -0.15) is 8.78 Å². The first-order chi connectivity index (χ1) is 36.4. The van der Waals surface area contributed by atoms with Crippen LogP contribution < -0.4 is 20.5 Å². The third-order valence-electron chi connectivity index (χ3n) is 13.1. The van der Waals surface area contributed by atoms with E-state index in [2.05, 4.69) is 10.2 Å². The number of carbonyl (C=O) groups is 3. The van der Waals surface area contributed by atoms with Crippen LogP contribution in [0.15, 0.2) is 109 Å². The summed E-state index contributed by atoms with van der Waals surface area (Å²) in [5.41, 5.74) is 8.63. The number of thiophene rings is 2. The van der Waals surface area contributed by atoms with Gasteiger partial charge in [0.2, 0.25) is 0 Å². The number of Topliss-reactive ketones (excluding diaryl/α,β-unsaturated/α-hetero) is 1. The molecule has 0 bridgehead atoms. The number of nitrogens with zero attached hydrogens (tertiary/aromatic N) is 2. The molecule has 6 N–H and O–H groups in total. The van der Waals surface area contributed by atoms with Crippen LogP contribution in [0.25, 0.3) is 20.9 Å². The maximum Gasteiger partial charge on any atom is 0.378 e. The summed E-state index contributed by atoms with van der Waals surface area (Å²) in [5, 5.41) is 33.4. The molecule has 0 spiro atoms. The molecule has 2 aliphatic heterocycles. The van der Waals surface area contributed by atoms with Gasteiger partial charge in [-0.05, 0) is 173 Å². The predicted octanol–water partition coefficient (Wildman–Crippen LogP) is 11.3. The first-order valence-electron chi connectivity index (χ1n) is 25.1. The summed E-state index contributed by atoms with van der Waals surface area (Å²) in [4.78, 5) is 39.9. The predicted molar refractivity (Wildman–Crippen MR) is 287 cm³/mol. The maximum atomic E-state index is 15.3. The highest BCUT2D eigenvalue weighted by atomic mass is 35.5. The molecule has 4 atom stereocenters. The van der Waals surface area contributed by atoms with Gasteiger partial charge >= 0.3 is 11.9 Å². The van der Waals surface area contributed by atoms with E-state index < -0.39 is 52.5 Å². The summed E-state index contributed by atoms with van der Waals surface area (Å²) in [6.45, 7) is 4.61. The number of ether oxygens (including phenoxy) is 2. The first-order valence-corrected chi connectivity index (χ1v) is 27.5. The number of hydrogen-bond acceptors (Lipinski definition) is 12. The number of amides is 1. The van der Waals surface area contributed by atoms with E-state index in [9.17, 15) is 33.4 Å². The van der Waals surface area contributed by atoms with Gasteiger partial charge < -0.3 is 45.6 Å². The summed E-state index contributed by atoms with van der Waals surface area (Å²) in [6.07, 6.45) is 7.01. The van der Waals surface area contributed by atoms with Gasteiger partial charge in [-0.1, -0.05) is 59.6 Å². The van der Waals surface area contributed by atoms with Crippen molar-refractivity contribution in [2.45, 2.75) is 93.8 Å². The SMILES string of the molecule is N[C@H](CN1CCCC1)[C@H](O)c1ccc(OC2CC2)c(Cl)c1.O=C(N[C@H](CN1CCCC1)[C@H](O)c1ccc(OC2CC2)c(Cl)c1)C(F)(F)c1ccc(-c2ccc(F)cc2)s1.O=C(O)C(=O)c1ccc(-c2ccc(F)cc2)s1. The topological polar surface area (TPSA) is 175 Å². The third-order valence-corrected chi connectivity index (χ3v) is 16.1. The second kappa shape index (κ2) is 25.8. The van der Waals surface area contributed by atoms with Crippen LogP contribution in [-0.2, 0) is 15.5 Å². The molecule has 12 nitrogen and oxygen atoms in total. The highest BCUT2D eigenvalue weighted by Gasteiger charge is 2.44. The monoisotopic (exact) mass is 1120 g/mol. The number of halogens is 6.